The monoisotopic (exact) mass is 238 g/mol. The number of halogens is 1. The molecule has 3 N–H and O–H groups in total. The van der Waals surface area contributed by atoms with Crippen LogP contribution in [-0.4, -0.2) is 24.3 Å². The summed E-state index contributed by atoms with van der Waals surface area (Å²) in [6.07, 6.45) is 1.30. The second kappa shape index (κ2) is 5.02. The first-order valence-electron chi connectivity index (χ1n) is 6.06. The molecule has 0 aliphatic carbocycles. The van der Waals surface area contributed by atoms with Crippen molar-refractivity contribution in [1.82, 2.24) is 0 Å². The van der Waals surface area contributed by atoms with Gasteiger partial charge in [-0.15, -0.1) is 0 Å². The molecular weight excluding hydrogens is 219 g/mol. The second-order valence-electron chi connectivity index (χ2n) is 4.71. The standard InChI is InChI=1S/C13H19FN2O/c1-9(15)11-5-2-6-12(14)13(11)16-7-3-4-10(17)8-16/h2,5-6,9-10,17H,3-4,7-8,15H2,1H3/t9-,10?/m0/s1. The Hall–Kier alpha value is -1.13. The number of piperidine rings is 1. The van der Waals surface area contributed by atoms with Crippen LogP contribution in [-0.2, 0) is 0 Å². The molecule has 17 heavy (non-hydrogen) atoms. The van der Waals surface area contributed by atoms with E-state index in [1.54, 1.807) is 6.07 Å². The molecule has 2 atom stereocenters. The first kappa shape index (κ1) is 12.3. The summed E-state index contributed by atoms with van der Waals surface area (Å²) in [5.74, 6) is -0.256. The number of benzene rings is 1. The van der Waals surface area contributed by atoms with Gasteiger partial charge < -0.3 is 15.7 Å². The average Bonchev–Trinajstić information content (AvgIpc) is 2.28. The Morgan fingerprint density at radius 1 is 1.53 bits per heavy atom. The summed E-state index contributed by atoms with van der Waals surface area (Å²) in [5.41, 5.74) is 7.23. The molecule has 1 heterocycles. The second-order valence-corrected chi connectivity index (χ2v) is 4.71. The molecule has 1 aromatic rings. The highest BCUT2D eigenvalue weighted by Crippen LogP contribution is 2.30. The lowest BCUT2D eigenvalue weighted by Crippen LogP contribution is -2.39. The third kappa shape index (κ3) is 2.58. The van der Waals surface area contributed by atoms with Crippen molar-refractivity contribution in [2.45, 2.75) is 31.9 Å². The van der Waals surface area contributed by atoms with Gasteiger partial charge in [-0.3, -0.25) is 0 Å². The maximum absolute atomic E-state index is 13.9. The number of nitrogens with zero attached hydrogens (tertiary/aromatic N) is 1. The van der Waals surface area contributed by atoms with E-state index in [-0.39, 0.29) is 18.0 Å². The molecule has 1 saturated heterocycles. The van der Waals surface area contributed by atoms with E-state index in [4.69, 9.17) is 5.73 Å². The van der Waals surface area contributed by atoms with E-state index in [2.05, 4.69) is 0 Å². The molecule has 0 saturated carbocycles. The molecular formula is C13H19FN2O. The number of hydrogen-bond donors (Lipinski definition) is 2. The van der Waals surface area contributed by atoms with Gasteiger partial charge >= 0.3 is 0 Å². The fourth-order valence-corrected chi connectivity index (χ4v) is 2.39. The SMILES string of the molecule is C[C@H](N)c1cccc(F)c1N1CCCC(O)C1. The molecule has 1 aliphatic heterocycles. The molecule has 0 radical (unpaired) electrons. The number of aliphatic hydroxyl groups excluding tert-OH is 1. The summed E-state index contributed by atoms with van der Waals surface area (Å²) >= 11 is 0. The van der Waals surface area contributed by atoms with Crippen LogP contribution in [0.5, 0.6) is 0 Å². The first-order valence-corrected chi connectivity index (χ1v) is 6.06. The molecule has 3 nitrogen and oxygen atoms in total. The van der Waals surface area contributed by atoms with Gasteiger partial charge in [0.05, 0.1) is 11.8 Å². The van der Waals surface area contributed by atoms with E-state index >= 15 is 0 Å². The van der Waals surface area contributed by atoms with Gasteiger partial charge in [-0.1, -0.05) is 12.1 Å². The van der Waals surface area contributed by atoms with Crippen molar-refractivity contribution in [3.8, 4) is 0 Å². The summed E-state index contributed by atoms with van der Waals surface area (Å²) in [6, 6.07) is 4.77. The smallest absolute Gasteiger partial charge is 0.146 e. The van der Waals surface area contributed by atoms with E-state index in [9.17, 15) is 9.50 Å². The topological polar surface area (TPSA) is 49.5 Å². The minimum absolute atomic E-state index is 0.209. The fraction of sp³-hybridized carbons (Fsp3) is 0.538. The van der Waals surface area contributed by atoms with Gasteiger partial charge in [-0.25, -0.2) is 4.39 Å². The summed E-state index contributed by atoms with van der Waals surface area (Å²) in [6.45, 7) is 3.11. The van der Waals surface area contributed by atoms with Crippen molar-refractivity contribution in [2.75, 3.05) is 18.0 Å². The molecule has 1 fully saturated rings. The van der Waals surface area contributed by atoms with Crippen molar-refractivity contribution in [2.24, 2.45) is 5.73 Å². The van der Waals surface area contributed by atoms with E-state index in [0.29, 0.717) is 12.2 Å². The van der Waals surface area contributed by atoms with E-state index in [1.807, 2.05) is 17.9 Å². The zero-order valence-corrected chi connectivity index (χ0v) is 10.1. The van der Waals surface area contributed by atoms with Crippen molar-refractivity contribution in [3.63, 3.8) is 0 Å². The molecule has 0 spiro atoms. The van der Waals surface area contributed by atoms with Crippen LogP contribution in [0.3, 0.4) is 0 Å². The van der Waals surface area contributed by atoms with Crippen LogP contribution in [0.15, 0.2) is 18.2 Å². The molecule has 4 heteroatoms. The molecule has 0 amide bonds. The Kier molecular flexibility index (Phi) is 3.64. The average molecular weight is 238 g/mol. The van der Waals surface area contributed by atoms with Gasteiger partial charge in [0.25, 0.3) is 0 Å². The molecule has 0 bridgehead atoms. The van der Waals surface area contributed by atoms with Gasteiger partial charge in [0, 0.05) is 19.1 Å². The molecule has 1 aliphatic rings. The van der Waals surface area contributed by atoms with Gasteiger partial charge in [0.2, 0.25) is 0 Å². The number of rotatable bonds is 2. The van der Waals surface area contributed by atoms with Crippen LogP contribution in [0.1, 0.15) is 31.4 Å². The quantitative estimate of drug-likeness (QED) is 0.826. The zero-order chi connectivity index (χ0) is 12.4. The Morgan fingerprint density at radius 3 is 2.94 bits per heavy atom. The molecule has 1 unspecified atom stereocenters. The molecule has 2 rings (SSSR count). The number of nitrogens with two attached hydrogens (primary N) is 1. The first-order chi connectivity index (χ1) is 8.09. The number of hydrogen-bond acceptors (Lipinski definition) is 3. The highest BCUT2D eigenvalue weighted by atomic mass is 19.1. The van der Waals surface area contributed by atoms with Crippen molar-refractivity contribution in [3.05, 3.63) is 29.6 Å². The highest BCUT2D eigenvalue weighted by molar-refractivity contribution is 5.56. The van der Waals surface area contributed by atoms with Gasteiger partial charge in [-0.05, 0) is 31.4 Å². The molecule has 0 aromatic heterocycles. The van der Waals surface area contributed by atoms with Crippen LogP contribution >= 0.6 is 0 Å². The third-order valence-corrected chi connectivity index (χ3v) is 3.22. The van der Waals surface area contributed by atoms with Crippen molar-refractivity contribution in [1.29, 1.82) is 0 Å². The van der Waals surface area contributed by atoms with Crippen LogP contribution in [0.2, 0.25) is 0 Å². The van der Waals surface area contributed by atoms with Gasteiger partial charge in [0.15, 0.2) is 0 Å². The summed E-state index contributed by atoms with van der Waals surface area (Å²) in [7, 11) is 0. The predicted octanol–water partition coefficient (Wildman–Crippen LogP) is 1.81. The largest absolute Gasteiger partial charge is 0.391 e. The summed E-state index contributed by atoms with van der Waals surface area (Å²) in [5, 5.41) is 9.67. The van der Waals surface area contributed by atoms with E-state index in [0.717, 1.165) is 24.9 Å². The molecule has 94 valence electrons. The van der Waals surface area contributed by atoms with Crippen LogP contribution < -0.4 is 10.6 Å². The van der Waals surface area contributed by atoms with Gasteiger partial charge in [-0.2, -0.15) is 0 Å². The summed E-state index contributed by atoms with van der Waals surface area (Å²) in [4.78, 5) is 1.90. The lowest BCUT2D eigenvalue weighted by atomic mass is 10.0. The van der Waals surface area contributed by atoms with E-state index < -0.39 is 0 Å². The lowest BCUT2D eigenvalue weighted by Gasteiger charge is -2.34. The van der Waals surface area contributed by atoms with Crippen molar-refractivity contribution >= 4 is 5.69 Å². The normalized spacial score (nSPS) is 22.6. The Morgan fingerprint density at radius 2 is 2.29 bits per heavy atom. The van der Waals surface area contributed by atoms with Gasteiger partial charge in [0.1, 0.15) is 5.82 Å². The highest BCUT2D eigenvalue weighted by Gasteiger charge is 2.23. The third-order valence-electron chi connectivity index (χ3n) is 3.22. The minimum atomic E-state index is -0.371. The van der Waals surface area contributed by atoms with Crippen LogP contribution in [0, 0.1) is 5.82 Å². The molecule has 1 aromatic carbocycles. The zero-order valence-electron chi connectivity index (χ0n) is 10.1. The lowest BCUT2D eigenvalue weighted by molar-refractivity contribution is 0.154. The maximum Gasteiger partial charge on any atom is 0.146 e. The van der Waals surface area contributed by atoms with E-state index in [1.165, 1.54) is 6.07 Å². The Labute approximate surface area is 101 Å². The Bertz CT molecular complexity index is 395. The Balaban J connectivity index is 2.35. The number of β-amino-alcohol motifs (C(OH)–C–C–N with tert-alkyl or cyclic N) is 1. The van der Waals surface area contributed by atoms with Crippen LogP contribution in [0.25, 0.3) is 0 Å². The number of aliphatic hydroxyl groups is 1. The number of anilines is 1. The minimum Gasteiger partial charge on any atom is -0.391 e. The number of para-hydroxylation sites is 1. The predicted molar refractivity (Wildman–Crippen MR) is 66.5 cm³/mol. The fourth-order valence-electron chi connectivity index (χ4n) is 2.39. The maximum atomic E-state index is 13.9. The van der Waals surface area contributed by atoms with Crippen LogP contribution in [0.4, 0.5) is 10.1 Å². The summed E-state index contributed by atoms with van der Waals surface area (Å²) < 4.78 is 13.9. The van der Waals surface area contributed by atoms with Crippen molar-refractivity contribution < 1.29 is 9.50 Å².